The Morgan fingerprint density at radius 1 is 1.25 bits per heavy atom. The normalized spacial score (nSPS) is 17.0. The monoisotopic (exact) mass is 269 g/mol. The van der Waals surface area contributed by atoms with Crippen molar-refractivity contribution in [3.8, 4) is 5.69 Å². The molecule has 3 nitrogen and oxygen atoms in total. The van der Waals surface area contributed by atoms with Crippen molar-refractivity contribution in [1.29, 1.82) is 0 Å². The minimum Gasteiger partial charge on any atom is -0.383 e. The minimum atomic E-state index is 0.133. The molecule has 0 bridgehead atoms. The summed E-state index contributed by atoms with van der Waals surface area (Å²) >= 11 is 0. The van der Waals surface area contributed by atoms with Gasteiger partial charge < -0.3 is 5.73 Å². The minimum absolute atomic E-state index is 0.133. The van der Waals surface area contributed by atoms with E-state index in [1.165, 1.54) is 35.2 Å². The molecule has 0 saturated heterocycles. The SMILES string of the molecule is Cc1ccc(C)c(-n2nc3c(c2N)C(C)(C)CCC3)c1. The molecule has 20 heavy (non-hydrogen) atoms. The molecule has 0 unspecified atom stereocenters. The third-order valence-corrected chi connectivity index (χ3v) is 4.48. The molecule has 1 aromatic heterocycles. The van der Waals surface area contributed by atoms with Gasteiger partial charge in [0.05, 0.1) is 11.4 Å². The van der Waals surface area contributed by atoms with Gasteiger partial charge >= 0.3 is 0 Å². The van der Waals surface area contributed by atoms with Crippen LogP contribution in [-0.2, 0) is 11.8 Å². The Balaban J connectivity index is 2.22. The number of benzene rings is 1. The first-order valence-electron chi connectivity index (χ1n) is 7.35. The summed E-state index contributed by atoms with van der Waals surface area (Å²) < 4.78 is 1.94. The average molecular weight is 269 g/mol. The third-order valence-electron chi connectivity index (χ3n) is 4.48. The number of rotatable bonds is 1. The second-order valence-corrected chi connectivity index (χ2v) is 6.65. The maximum Gasteiger partial charge on any atom is 0.131 e. The van der Waals surface area contributed by atoms with Crippen molar-refractivity contribution in [3.05, 3.63) is 40.6 Å². The molecule has 0 spiro atoms. The number of nitrogens with zero attached hydrogens (tertiary/aromatic N) is 2. The fraction of sp³-hybridized carbons (Fsp3) is 0.471. The molecule has 1 aliphatic carbocycles. The van der Waals surface area contributed by atoms with Gasteiger partial charge in [-0.15, -0.1) is 0 Å². The lowest BCUT2D eigenvalue weighted by molar-refractivity contribution is 0.432. The molecule has 2 aromatic rings. The van der Waals surface area contributed by atoms with Crippen LogP contribution in [0.2, 0.25) is 0 Å². The van der Waals surface area contributed by atoms with Crippen molar-refractivity contribution < 1.29 is 0 Å². The molecular formula is C17H23N3. The second kappa shape index (κ2) is 4.37. The first-order chi connectivity index (χ1) is 9.40. The zero-order valence-corrected chi connectivity index (χ0v) is 12.8. The summed E-state index contributed by atoms with van der Waals surface area (Å²) in [7, 11) is 0. The Morgan fingerprint density at radius 2 is 2.00 bits per heavy atom. The van der Waals surface area contributed by atoms with Gasteiger partial charge in [0.15, 0.2) is 0 Å². The van der Waals surface area contributed by atoms with E-state index in [1.807, 2.05) is 4.68 Å². The van der Waals surface area contributed by atoms with Crippen LogP contribution in [0.3, 0.4) is 0 Å². The second-order valence-electron chi connectivity index (χ2n) is 6.65. The lowest BCUT2D eigenvalue weighted by atomic mass is 9.75. The molecule has 0 radical (unpaired) electrons. The van der Waals surface area contributed by atoms with Gasteiger partial charge in [0.1, 0.15) is 5.82 Å². The van der Waals surface area contributed by atoms with Crippen LogP contribution in [0.4, 0.5) is 5.82 Å². The summed E-state index contributed by atoms with van der Waals surface area (Å²) in [5.41, 5.74) is 12.6. The number of hydrogen-bond donors (Lipinski definition) is 1. The summed E-state index contributed by atoms with van der Waals surface area (Å²) in [4.78, 5) is 0. The number of nitrogens with two attached hydrogens (primary N) is 1. The summed E-state index contributed by atoms with van der Waals surface area (Å²) in [5, 5.41) is 4.81. The molecule has 2 N–H and O–H groups in total. The van der Waals surface area contributed by atoms with Crippen LogP contribution >= 0.6 is 0 Å². The molecule has 1 aliphatic rings. The van der Waals surface area contributed by atoms with Gasteiger partial charge in [-0.25, -0.2) is 4.68 Å². The van der Waals surface area contributed by atoms with Crippen molar-refractivity contribution >= 4 is 5.82 Å². The topological polar surface area (TPSA) is 43.8 Å². The smallest absolute Gasteiger partial charge is 0.131 e. The number of hydrogen-bond acceptors (Lipinski definition) is 2. The van der Waals surface area contributed by atoms with Crippen LogP contribution in [0.1, 0.15) is 49.1 Å². The highest BCUT2D eigenvalue weighted by Crippen LogP contribution is 2.40. The van der Waals surface area contributed by atoms with E-state index in [-0.39, 0.29) is 5.41 Å². The van der Waals surface area contributed by atoms with Crippen molar-refractivity contribution in [2.24, 2.45) is 0 Å². The molecule has 3 heteroatoms. The molecule has 0 amide bonds. The van der Waals surface area contributed by atoms with E-state index in [2.05, 4.69) is 45.9 Å². The first kappa shape index (κ1) is 13.2. The molecule has 0 saturated carbocycles. The van der Waals surface area contributed by atoms with Crippen LogP contribution in [0.25, 0.3) is 5.69 Å². The predicted octanol–water partition coefficient (Wildman–Crippen LogP) is 3.69. The third kappa shape index (κ3) is 1.92. The van der Waals surface area contributed by atoms with Crippen LogP contribution in [0.5, 0.6) is 0 Å². The molecular weight excluding hydrogens is 246 g/mol. The Hall–Kier alpha value is -1.77. The van der Waals surface area contributed by atoms with Gasteiger partial charge in [0.2, 0.25) is 0 Å². The fourth-order valence-electron chi connectivity index (χ4n) is 3.34. The number of aryl methyl sites for hydroxylation is 3. The highest BCUT2D eigenvalue weighted by Gasteiger charge is 2.33. The van der Waals surface area contributed by atoms with E-state index < -0.39 is 0 Å². The van der Waals surface area contributed by atoms with Gasteiger partial charge in [-0.1, -0.05) is 26.0 Å². The maximum atomic E-state index is 6.45. The number of fused-ring (bicyclic) bond motifs is 1. The lowest BCUT2D eigenvalue weighted by Gasteiger charge is -2.29. The van der Waals surface area contributed by atoms with Gasteiger partial charge in [0, 0.05) is 5.56 Å². The largest absolute Gasteiger partial charge is 0.383 e. The highest BCUT2D eigenvalue weighted by molar-refractivity contribution is 5.56. The number of aromatic nitrogens is 2. The lowest BCUT2D eigenvalue weighted by Crippen LogP contribution is -2.24. The van der Waals surface area contributed by atoms with E-state index in [4.69, 9.17) is 10.8 Å². The zero-order chi connectivity index (χ0) is 14.5. The summed E-state index contributed by atoms with van der Waals surface area (Å²) in [6.45, 7) is 8.76. The quantitative estimate of drug-likeness (QED) is 0.858. The predicted molar refractivity (Wildman–Crippen MR) is 83.4 cm³/mol. The van der Waals surface area contributed by atoms with E-state index >= 15 is 0 Å². The zero-order valence-electron chi connectivity index (χ0n) is 12.8. The number of nitrogen functional groups attached to an aromatic ring is 1. The van der Waals surface area contributed by atoms with Gasteiger partial charge in [-0.05, 0) is 55.7 Å². The molecule has 1 aromatic carbocycles. The molecule has 106 valence electrons. The van der Waals surface area contributed by atoms with E-state index in [0.717, 1.165) is 17.9 Å². The molecule has 0 atom stereocenters. The van der Waals surface area contributed by atoms with Crippen molar-refractivity contribution in [2.45, 2.75) is 52.4 Å². The molecule has 0 aliphatic heterocycles. The van der Waals surface area contributed by atoms with Crippen LogP contribution in [0.15, 0.2) is 18.2 Å². The van der Waals surface area contributed by atoms with Crippen molar-refractivity contribution in [2.75, 3.05) is 5.73 Å². The summed E-state index contributed by atoms with van der Waals surface area (Å²) in [6.07, 6.45) is 3.42. The molecule has 1 heterocycles. The molecule has 0 fully saturated rings. The van der Waals surface area contributed by atoms with Crippen LogP contribution < -0.4 is 5.73 Å². The fourth-order valence-corrected chi connectivity index (χ4v) is 3.34. The highest BCUT2D eigenvalue weighted by atomic mass is 15.3. The Morgan fingerprint density at radius 3 is 2.70 bits per heavy atom. The average Bonchev–Trinajstić information content (AvgIpc) is 2.70. The maximum absolute atomic E-state index is 6.45. The summed E-state index contributed by atoms with van der Waals surface area (Å²) in [5.74, 6) is 0.818. The van der Waals surface area contributed by atoms with Crippen molar-refractivity contribution in [1.82, 2.24) is 9.78 Å². The van der Waals surface area contributed by atoms with E-state index in [1.54, 1.807) is 0 Å². The van der Waals surface area contributed by atoms with Gasteiger partial charge in [-0.3, -0.25) is 0 Å². The van der Waals surface area contributed by atoms with Crippen molar-refractivity contribution in [3.63, 3.8) is 0 Å². The van der Waals surface area contributed by atoms with Crippen LogP contribution in [-0.4, -0.2) is 9.78 Å². The Bertz CT molecular complexity index is 665. The first-order valence-corrected chi connectivity index (χ1v) is 7.35. The Labute approximate surface area is 120 Å². The van der Waals surface area contributed by atoms with Crippen LogP contribution in [0, 0.1) is 13.8 Å². The summed E-state index contributed by atoms with van der Waals surface area (Å²) in [6, 6.07) is 6.43. The standard InChI is InChI=1S/C17H23N3/c1-11-7-8-12(2)14(10-11)20-16(18)15-13(19-20)6-5-9-17(15,3)4/h7-8,10H,5-6,9,18H2,1-4H3. The van der Waals surface area contributed by atoms with Gasteiger partial charge in [0.25, 0.3) is 0 Å². The van der Waals surface area contributed by atoms with E-state index in [9.17, 15) is 0 Å². The van der Waals surface area contributed by atoms with Gasteiger partial charge in [-0.2, -0.15) is 5.10 Å². The van der Waals surface area contributed by atoms with E-state index in [0.29, 0.717) is 0 Å². The molecule has 3 rings (SSSR count). The Kier molecular flexibility index (Phi) is 2.89. The number of anilines is 1.